The van der Waals surface area contributed by atoms with Crippen molar-refractivity contribution >= 4 is 5.71 Å². The maximum atomic E-state index is 5.23. The van der Waals surface area contributed by atoms with Crippen molar-refractivity contribution in [3.05, 3.63) is 0 Å². The molecule has 0 aromatic rings. The van der Waals surface area contributed by atoms with Gasteiger partial charge in [0.2, 0.25) is 0 Å². The Labute approximate surface area is 88.7 Å². The molecule has 2 heteroatoms. The van der Waals surface area contributed by atoms with Crippen LogP contribution in [0, 0.1) is 5.41 Å². The topological polar surface area (TPSA) is 21.6 Å². The monoisotopic (exact) mass is 199 g/mol. The average molecular weight is 199 g/mol. The second-order valence-electron chi connectivity index (χ2n) is 4.98. The van der Waals surface area contributed by atoms with Crippen molar-refractivity contribution in [2.24, 2.45) is 10.6 Å². The van der Waals surface area contributed by atoms with Crippen molar-refractivity contribution in [2.45, 2.75) is 60.3 Å². The highest BCUT2D eigenvalue weighted by Crippen LogP contribution is 2.21. The molecule has 0 bridgehead atoms. The predicted molar refractivity (Wildman–Crippen MR) is 62.7 cm³/mol. The normalized spacial score (nSPS) is 13.1. The summed E-state index contributed by atoms with van der Waals surface area (Å²) in [4.78, 5) is 5.23. The molecule has 0 spiro atoms. The number of oxime groups is 1. The molecule has 0 aromatic heterocycles. The van der Waals surface area contributed by atoms with Crippen LogP contribution in [0.15, 0.2) is 5.16 Å². The molecule has 0 saturated carbocycles. The van der Waals surface area contributed by atoms with Crippen molar-refractivity contribution < 1.29 is 4.84 Å². The molecule has 0 aliphatic heterocycles. The van der Waals surface area contributed by atoms with Gasteiger partial charge >= 0.3 is 0 Å². The minimum atomic E-state index is 0.309. The minimum Gasteiger partial charge on any atom is -0.396 e. The van der Waals surface area contributed by atoms with Gasteiger partial charge in [0.15, 0.2) is 0 Å². The molecule has 2 nitrogen and oxygen atoms in total. The van der Waals surface area contributed by atoms with Gasteiger partial charge < -0.3 is 4.84 Å². The lowest BCUT2D eigenvalue weighted by molar-refractivity contribution is 0.142. The Balaban J connectivity index is 4.06. The van der Waals surface area contributed by atoms with E-state index in [1.165, 1.54) is 5.71 Å². The summed E-state index contributed by atoms with van der Waals surface area (Å²) in [5, 5.41) is 4.21. The van der Waals surface area contributed by atoms with Gasteiger partial charge in [0.05, 0.1) is 5.71 Å². The van der Waals surface area contributed by atoms with Gasteiger partial charge in [0.25, 0.3) is 0 Å². The molecule has 0 saturated heterocycles. The third kappa shape index (κ3) is 8.09. The van der Waals surface area contributed by atoms with Gasteiger partial charge in [-0.25, -0.2) is 0 Å². The van der Waals surface area contributed by atoms with Gasteiger partial charge in [0, 0.05) is 0 Å². The Bertz CT molecular complexity index is 168. The first-order valence-corrected chi connectivity index (χ1v) is 5.67. The lowest BCUT2D eigenvalue weighted by Gasteiger charge is -2.18. The summed E-state index contributed by atoms with van der Waals surface area (Å²) in [5.41, 5.74) is 1.51. The van der Waals surface area contributed by atoms with E-state index in [1.807, 2.05) is 0 Å². The predicted octanol–water partition coefficient (Wildman–Crippen LogP) is 4.01. The van der Waals surface area contributed by atoms with Crippen LogP contribution in [-0.2, 0) is 4.84 Å². The third-order valence-electron chi connectivity index (χ3n) is 1.76. The fourth-order valence-corrected chi connectivity index (χ4v) is 1.30. The first kappa shape index (κ1) is 13.5. The van der Waals surface area contributed by atoms with Crippen molar-refractivity contribution in [2.75, 3.05) is 6.61 Å². The van der Waals surface area contributed by atoms with E-state index < -0.39 is 0 Å². The number of hydrogen-bond donors (Lipinski definition) is 0. The molecule has 0 aliphatic carbocycles. The molecular formula is C12H25NO. The second-order valence-corrected chi connectivity index (χ2v) is 4.98. The Morgan fingerprint density at radius 2 is 1.79 bits per heavy atom. The fraction of sp³-hybridized carbons (Fsp3) is 0.917. The third-order valence-corrected chi connectivity index (χ3v) is 1.76. The maximum absolute atomic E-state index is 5.23. The highest BCUT2D eigenvalue weighted by atomic mass is 16.6. The number of rotatable bonds is 6. The largest absolute Gasteiger partial charge is 0.396 e. The molecule has 0 aliphatic rings. The van der Waals surface area contributed by atoms with E-state index in [2.05, 4.69) is 39.8 Å². The summed E-state index contributed by atoms with van der Waals surface area (Å²) in [7, 11) is 0. The quantitative estimate of drug-likeness (QED) is 0.360. The molecule has 0 unspecified atom stereocenters. The molecule has 0 N–H and O–H groups in total. The van der Waals surface area contributed by atoms with Gasteiger partial charge in [-0.1, -0.05) is 46.2 Å². The molecule has 0 radical (unpaired) electrons. The number of nitrogens with zero attached hydrogens (tertiary/aromatic N) is 1. The Morgan fingerprint density at radius 3 is 2.21 bits per heavy atom. The molecule has 0 amide bonds. The van der Waals surface area contributed by atoms with Crippen LogP contribution in [0.1, 0.15) is 60.3 Å². The number of hydrogen-bond acceptors (Lipinski definition) is 2. The van der Waals surface area contributed by atoms with Crippen molar-refractivity contribution in [3.63, 3.8) is 0 Å². The van der Waals surface area contributed by atoms with E-state index in [9.17, 15) is 0 Å². The fourth-order valence-electron chi connectivity index (χ4n) is 1.30. The Hall–Kier alpha value is -0.530. The van der Waals surface area contributed by atoms with Crippen LogP contribution >= 0.6 is 0 Å². The van der Waals surface area contributed by atoms with Crippen molar-refractivity contribution in [1.29, 1.82) is 0 Å². The molecule has 14 heavy (non-hydrogen) atoms. The zero-order valence-electron chi connectivity index (χ0n) is 10.4. The summed E-state index contributed by atoms with van der Waals surface area (Å²) >= 11 is 0. The maximum Gasteiger partial charge on any atom is 0.116 e. The van der Waals surface area contributed by atoms with Crippen LogP contribution in [0.25, 0.3) is 0 Å². The minimum absolute atomic E-state index is 0.309. The summed E-state index contributed by atoms with van der Waals surface area (Å²) in [6, 6.07) is 0. The van der Waals surface area contributed by atoms with Crippen LogP contribution in [0.2, 0.25) is 0 Å². The SMILES string of the molecule is CCCO/N=C(/CCC)CC(C)(C)C. The summed E-state index contributed by atoms with van der Waals surface area (Å²) in [5.74, 6) is 0. The van der Waals surface area contributed by atoms with Gasteiger partial charge in [-0.05, 0) is 24.7 Å². The van der Waals surface area contributed by atoms with Crippen LogP contribution in [0.4, 0.5) is 0 Å². The van der Waals surface area contributed by atoms with Crippen molar-refractivity contribution in [1.82, 2.24) is 0 Å². The van der Waals surface area contributed by atoms with Crippen LogP contribution in [0.5, 0.6) is 0 Å². The summed E-state index contributed by atoms with van der Waals surface area (Å²) in [6.45, 7) is 11.7. The second kappa shape index (κ2) is 6.86. The van der Waals surface area contributed by atoms with E-state index in [0.29, 0.717) is 5.41 Å². The van der Waals surface area contributed by atoms with Crippen LogP contribution in [-0.4, -0.2) is 12.3 Å². The zero-order valence-corrected chi connectivity index (χ0v) is 10.4. The molecule has 0 rings (SSSR count). The van der Waals surface area contributed by atoms with E-state index in [4.69, 9.17) is 4.84 Å². The van der Waals surface area contributed by atoms with E-state index in [-0.39, 0.29) is 0 Å². The summed E-state index contributed by atoms with van der Waals surface area (Å²) in [6.07, 6.45) is 4.26. The van der Waals surface area contributed by atoms with Gasteiger partial charge in [0.1, 0.15) is 6.61 Å². The van der Waals surface area contributed by atoms with Crippen molar-refractivity contribution in [3.8, 4) is 0 Å². The molecule has 0 fully saturated rings. The first-order valence-electron chi connectivity index (χ1n) is 5.67. The smallest absolute Gasteiger partial charge is 0.116 e. The Kier molecular flexibility index (Phi) is 6.60. The average Bonchev–Trinajstić information content (AvgIpc) is 2.02. The highest BCUT2D eigenvalue weighted by Gasteiger charge is 2.14. The van der Waals surface area contributed by atoms with E-state index in [1.54, 1.807) is 0 Å². The highest BCUT2D eigenvalue weighted by molar-refractivity contribution is 5.84. The molecule has 0 atom stereocenters. The standard InChI is InChI=1S/C12H25NO/c1-6-8-11(10-12(3,4)5)13-14-9-7-2/h6-10H2,1-5H3/b13-11-. The molecule has 0 heterocycles. The van der Waals surface area contributed by atoms with E-state index >= 15 is 0 Å². The lowest BCUT2D eigenvalue weighted by Crippen LogP contribution is -2.13. The molecular weight excluding hydrogens is 174 g/mol. The lowest BCUT2D eigenvalue weighted by atomic mass is 9.88. The molecule has 0 aromatic carbocycles. The Morgan fingerprint density at radius 1 is 1.14 bits per heavy atom. The summed E-state index contributed by atoms with van der Waals surface area (Å²) < 4.78 is 0. The van der Waals surface area contributed by atoms with Crippen LogP contribution < -0.4 is 0 Å². The first-order chi connectivity index (χ1) is 6.49. The zero-order chi connectivity index (χ0) is 11.0. The van der Waals surface area contributed by atoms with Gasteiger partial charge in [-0.3, -0.25) is 0 Å². The van der Waals surface area contributed by atoms with Crippen LogP contribution in [0.3, 0.4) is 0 Å². The molecule has 84 valence electrons. The van der Waals surface area contributed by atoms with Gasteiger partial charge in [-0.2, -0.15) is 0 Å². The van der Waals surface area contributed by atoms with E-state index in [0.717, 1.165) is 32.3 Å². The van der Waals surface area contributed by atoms with Gasteiger partial charge in [-0.15, -0.1) is 0 Å².